The van der Waals surface area contributed by atoms with Crippen LogP contribution in [0.2, 0.25) is 15.1 Å². The molecular weight excluding hydrogens is 538 g/mol. The number of rotatable bonds is 7. The Balaban J connectivity index is 1.54. The van der Waals surface area contributed by atoms with Crippen LogP contribution in [0, 0.1) is 5.41 Å². The second kappa shape index (κ2) is 8.97. The summed E-state index contributed by atoms with van der Waals surface area (Å²) in [6, 6.07) is 9.78. The van der Waals surface area contributed by atoms with Crippen molar-refractivity contribution in [2.45, 2.75) is 10.3 Å². The monoisotopic (exact) mass is 548 g/mol. The average molecular weight is 551 g/mol. The first kappa shape index (κ1) is 23.5. The van der Waals surface area contributed by atoms with Gasteiger partial charge in [0.25, 0.3) is 5.91 Å². The first-order chi connectivity index (χ1) is 15.2. The van der Waals surface area contributed by atoms with Crippen molar-refractivity contribution in [1.82, 2.24) is 9.59 Å². The lowest BCUT2D eigenvalue weighted by molar-refractivity contribution is -0.112. The third kappa shape index (κ3) is 4.30. The van der Waals surface area contributed by atoms with Crippen molar-refractivity contribution >= 4 is 92.4 Å². The summed E-state index contributed by atoms with van der Waals surface area (Å²) in [5.41, 5.74) is 0.334. The third-order valence-corrected chi connectivity index (χ3v) is 7.72. The Hall–Kier alpha value is -1.61. The van der Waals surface area contributed by atoms with Gasteiger partial charge in [-0.2, -0.15) is 0 Å². The number of hydrogen-bond donors (Lipinski definition) is 2. The van der Waals surface area contributed by atoms with Crippen molar-refractivity contribution in [1.29, 1.82) is 0 Å². The van der Waals surface area contributed by atoms with E-state index >= 15 is 0 Å². The van der Waals surface area contributed by atoms with E-state index in [1.807, 2.05) is 0 Å². The quantitative estimate of drug-likeness (QED) is 0.266. The van der Waals surface area contributed by atoms with Crippen LogP contribution in [0.1, 0.15) is 21.8 Å². The number of aromatic nitrogens is 2. The van der Waals surface area contributed by atoms with Crippen LogP contribution in [0.25, 0.3) is 0 Å². The minimum atomic E-state index is -1.36. The molecule has 0 aliphatic heterocycles. The number of alkyl halides is 2. The molecule has 1 amide bonds. The maximum Gasteiger partial charge on any atom is 0.257 e. The van der Waals surface area contributed by atoms with Gasteiger partial charge in [-0.25, -0.2) is 0 Å². The Morgan fingerprint density at radius 2 is 1.84 bits per heavy atom. The number of nitrogens with zero attached hydrogens (tertiary/aromatic N) is 2. The molecule has 1 heterocycles. The molecule has 32 heavy (non-hydrogen) atoms. The van der Waals surface area contributed by atoms with Gasteiger partial charge in [0.1, 0.15) is 15.6 Å². The molecule has 2 aromatic carbocycles. The molecule has 0 radical (unpaired) electrons. The Morgan fingerprint density at radius 1 is 1.12 bits per heavy atom. The average Bonchev–Trinajstić information content (AvgIpc) is 3.02. The van der Waals surface area contributed by atoms with Crippen LogP contribution in [0.4, 0.5) is 10.7 Å². The van der Waals surface area contributed by atoms with Crippen LogP contribution in [-0.4, -0.2) is 32.7 Å². The highest BCUT2D eigenvalue weighted by molar-refractivity contribution is 7.10. The molecule has 4 rings (SSSR count). The molecular formula is C20H13Cl5N4O2S. The fourth-order valence-electron chi connectivity index (χ4n) is 3.59. The Bertz CT molecular complexity index is 1170. The van der Waals surface area contributed by atoms with Gasteiger partial charge in [0.2, 0.25) is 0 Å². The molecule has 6 nitrogen and oxygen atoms in total. The fraction of sp³-hybridized carbons (Fsp3) is 0.200. The molecule has 2 N–H and O–H groups in total. The molecule has 2 unspecified atom stereocenters. The second-order valence-electron chi connectivity index (χ2n) is 7.20. The Morgan fingerprint density at radius 3 is 2.47 bits per heavy atom. The summed E-state index contributed by atoms with van der Waals surface area (Å²) < 4.78 is 2.34. The summed E-state index contributed by atoms with van der Waals surface area (Å²) in [4.78, 5) is 24.7. The lowest BCUT2D eigenvalue weighted by Crippen LogP contribution is -2.23. The molecule has 1 fully saturated rings. The predicted octanol–water partition coefficient (Wildman–Crippen LogP) is 6.32. The van der Waals surface area contributed by atoms with Gasteiger partial charge in [0, 0.05) is 39.7 Å². The molecule has 3 aromatic rings. The normalized spacial score (nSPS) is 21.1. The molecule has 1 saturated carbocycles. The van der Waals surface area contributed by atoms with E-state index in [0.29, 0.717) is 26.3 Å². The van der Waals surface area contributed by atoms with E-state index in [2.05, 4.69) is 20.2 Å². The van der Waals surface area contributed by atoms with Crippen molar-refractivity contribution < 1.29 is 9.59 Å². The lowest BCUT2D eigenvalue weighted by Gasteiger charge is -2.15. The van der Waals surface area contributed by atoms with E-state index in [1.54, 1.807) is 36.4 Å². The number of carbonyl (C=O) groups is 2. The lowest BCUT2D eigenvalue weighted by atomic mass is 10.00. The maximum absolute atomic E-state index is 12.6. The topological polar surface area (TPSA) is 84.0 Å². The number of nitrogens with one attached hydrogen (secondary N) is 2. The van der Waals surface area contributed by atoms with E-state index < -0.39 is 21.6 Å². The molecule has 1 aromatic heterocycles. The zero-order chi connectivity index (χ0) is 23.1. The number of aldehydes is 1. The molecule has 12 heteroatoms. The second-order valence-corrected chi connectivity index (χ2v) is 10.7. The van der Waals surface area contributed by atoms with E-state index in [0.717, 1.165) is 17.8 Å². The van der Waals surface area contributed by atoms with Gasteiger partial charge in [-0.3, -0.25) is 4.79 Å². The Kier molecular flexibility index (Phi) is 6.60. The summed E-state index contributed by atoms with van der Waals surface area (Å²) >= 11 is 32.5. The number of carbonyl (C=O) groups excluding carboxylic acids is 2. The van der Waals surface area contributed by atoms with Gasteiger partial charge < -0.3 is 15.4 Å². The predicted molar refractivity (Wildman–Crippen MR) is 130 cm³/mol. The minimum absolute atomic E-state index is 0.111. The van der Waals surface area contributed by atoms with E-state index in [9.17, 15) is 9.59 Å². The maximum atomic E-state index is 12.6. The minimum Gasteiger partial charge on any atom is -0.384 e. The van der Waals surface area contributed by atoms with Crippen LogP contribution >= 0.6 is 69.5 Å². The van der Waals surface area contributed by atoms with Gasteiger partial charge in [-0.05, 0) is 42.0 Å². The number of halogens is 5. The number of amides is 1. The largest absolute Gasteiger partial charge is 0.384 e. The first-order valence-electron chi connectivity index (χ1n) is 9.10. The third-order valence-electron chi connectivity index (χ3n) is 5.24. The molecule has 166 valence electrons. The zero-order valence-electron chi connectivity index (χ0n) is 15.9. The first-order valence-corrected chi connectivity index (χ1v) is 11.8. The molecule has 0 spiro atoms. The van der Waals surface area contributed by atoms with Crippen LogP contribution in [0.15, 0.2) is 42.6 Å². The molecule has 1 aliphatic rings. The summed E-state index contributed by atoms with van der Waals surface area (Å²) in [5.74, 6) is -0.940. The standard InChI is InChI=1S/C20H13Cl5N4O2S/c21-11-3-10(4-12(22)5-11)17-19(9-30,20(17,24)25)8-26-13-1-2-15(23)14(6-13)18(31)28-16-7-27-29-32-16/h1-7,9,17,26H,8H2,(H,28,31). The fourth-order valence-corrected chi connectivity index (χ4v) is 5.73. The van der Waals surface area contributed by atoms with E-state index in [1.165, 1.54) is 6.20 Å². The molecule has 0 saturated heterocycles. The van der Waals surface area contributed by atoms with Gasteiger partial charge in [0.15, 0.2) is 0 Å². The molecule has 2 atom stereocenters. The van der Waals surface area contributed by atoms with Crippen LogP contribution in [0.3, 0.4) is 0 Å². The van der Waals surface area contributed by atoms with E-state index in [-0.39, 0.29) is 17.1 Å². The summed E-state index contributed by atoms with van der Waals surface area (Å²) in [6.07, 6.45) is 2.17. The van der Waals surface area contributed by atoms with Crippen molar-refractivity contribution in [2.24, 2.45) is 5.41 Å². The van der Waals surface area contributed by atoms with Gasteiger partial charge in [0.05, 0.1) is 22.2 Å². The number of benzene rings is 2. The summed E-state index contributed by atoms with van der Waals surface area (Å²) in [7, 11) is 0. The number of hydrogen-bond acceptors (Lipinski definition) is 6. The van der Waals surface area contributed by atoms with Crippen LogP contribution < -0.4 is 10.6 Å². The summed E-state index contributed by atoms with van der Waals surface area (Å²) in [6.45, 7) is 0.111. The van der Waals surface area contributed by atoms with Gasteiger partial charge >= 0.3 is 0 Å². The van der Waals surface area contributed by atoms with Crippen LogP contribution in [0.5, 0.6) is 0 Å². The Labute approximate surface area is 212 Å². The zero-order valence-corrected chi connectivity index (χ0v) is 20.5. The van der Waals surface area contributed by atoms with Gasteiger partial charge in [-0.15, -0.1) is 5.10 Å². The van der Waals surface area contributed by atoms with Gasteiger partial charge in [-0.1, -0.05) is 62.5 Å². The van der Waals surface area contributed by atoms with E-state index in [4.69, 9.17) is 58.0 Å². The van der Waals surface area contributed by atoms with Crippen molar-refractivity contribution in [3.05, 3.63) is 68.8 Å². The van der Waals surface area contributed by atoms with Crippen LogP contribution in [-0.2, 0) is 4.79 Å². The summed E-state index contributed by atoms with van der Waals surface area (Å²) in [5, 5.41) is 11.1. The SMILES string of the molecule is O=CC1(CNc2ccc(Cl)c(C(=O)Nc3cnns3)c2)C(c2cc(Cl)cc(Cl)c2)C1(Cl)Cl. The molecule has 1 aliphatic carbocycles. The molecule has 0 bridgehead atoms. The highest BCUT2D eigenvalue weighted by Gasteiger charge is 2.76. The highest BCUT2D eigenvalue weighted by atomic mass is 35.5. The van der Waals surface area contributed by atoms with Crippen molar-refractivity contribution in [2.75, 3.05) is 17.2 Å². The van der Waals surface area contributed by atoms with Crippen molar-refractivity contribution in [3.8, 4) is 0 Å². The number of anilines is 2. The van der Waals surface area contributed by atoms with Crippen molar-refractivity contribution in [3.63, 3.8) is 0 Å². The smallest absolute Gasteiger partial charge is 0.257 e. The highest BCUT2D eigenvalue weighted by Crippen LogP contribution is 2.73.